The number of anilines is 1. The molecule has 90 valence electrons. The summed E-state index contributed by atoms with van der Waals surface area (Å²) >= 11 is 0. The van der Waals surface area contributed by atoms with E-state index in [-0.39, 0.29) is 17.6 Å². The molecule has 7 heteroatoms. The first-order valence-corrected chi connectivity index (χ1v) is 6.92. The molecular weight excluding hydrogens is 242 g/mol. The number of pyridine rings is 1. The summed E-state index contributed by atoms with van der Waals surface area (Å²) in [6.45, 7) is 0. The van der Waals surface area contributed by atoms with Crippen LogP contribution in [0.15, 0.2) is 12.1 Å². The van der Waals surface area contributed by atoms with E-state index in [1.54, 1.807) is 0 Å². The van der Waals surface area contributed by atoms with Crippen LogP contribution in [0.4, 0.5) is 5.82 Å². The van der Waals surface area contributed by atoms with E-state index in [1.165, 1.54) is 12.1 Å². The maximum atomic E-state index is 11.1. The molecule has 0 radical (unpaired) electrons. The smallest absolute Gasteiger partial charge is 0.230 e. The van der Waals surface area contributed by atoms with Crippen molar-refractivity contribution < 1.29 is 13.2 Å². The van der Waals surface area contributed by atoms with E-state index in [4.69, 9.17) is 10.00 Å². The molecule has 1 heterocycles. The van der Waals surface area contributed by atoms with Crippen molar-refractivity contribution in [3.63, 3.8) is 0 Å². The van der Waals surface area contributed by atoms with Gasteiger partial charge in [0.25, 0.3) is 0 Å². The lowest BCUT2D eigenvalue weighted by atomic mass is 10.3. The zero-order chi connectivity index (χ0) is 12.5. The third-order valence-corrected chi connectivity index (χ3v) is 2.61. The molecule has 1 aromatic heterocycles. The number of aromatic nitrogens is 1. The van der Waals surface area contributed by atoms with Gasteiger partial charge in [0.2, 0.25) is 10.0 Å². The zero-order valence-corrected chi connectivity index (χ0v) is 9.99. The monoisotopic (exact) mass is 253 g/mol. The molecule has 2 rings (SSSR count). The topological polar surface area (TPSA) is 92.1 Å². The molecule has 0 aliphatic heterocycles. The predicted molar refractivity (Wildman–Crippen MR) is 61.1 cm³/mol. The highest BCUT2D eigenvalue weighted by Crippen LogP contribution is 2.28. The molecule has 0 amide bonds. The van der Waals surface area contributed by atoms with Crippen LogP contribution in [0.2, 0.25) is 0 Å². The van der Waals surface area contributed by atoms with Crippen LogP contribution < -0.4 is 9.46 Å². The van der Waals surface area contributed by atoms with E-state index < -0.39 is 10.0 Å². The second kappa shape index (κ2) is 4.22. The summed E-state index contributed by atoms with van der Waals surface area (Å²) in [5, 5.41) is 8.79. The SMILES string of the molecule is CS(=O)(=O)Nc1cc(OC2CC2)cc(C#N)n1. The average Bonchev–Trinajstić information content (AvgIpc) is 2.98. The largest absolute Gasteiger partial charge is 0.490 e. The molecule has 1 aliphatic carbocycles. The number of nitriles is 1. The van der Waals surface area contributed by atoms with Crippen molar-refractivity contribution in [1.29, 1.82) is 5.26 Å². The predicted octanol–water partition coefficient (Wildman–Crippen LogP) is 0.866. The normalized spacial score (nSPS) is 15.1. The Balaban J connectivity index is 2.28. The number of nitrogens with zero attached hydrogens (tertiary/aromatic N) is 2. The Morgan fingerprint density at radius 1 is 1.53 bits per heavy atom. The molecule has 1 aliphatic rings. The number of rotatable bonds is 4. The highest BCUT2D eigenvalue weighted by molar-refractivity contribution is 7.92. The van der Waals surface area contributed by atoms with Crippen molar-refractivity contribution in [2.75, 3.05) is 11.0 Å². The van der Waals surface area contributed by atoms with Gasteiger partial charge in [-0.1, -0.05) is 0 Å². The Morgan fingerprint density at radius 2 is 2.24 bits per heavy atom. The first-order valence-electron chi connectivity index (χ1n) is 5.03. The van der Waals surface area contributed by atoms with Crippen LogP contribution in [0.1, 0.15) is 18.5 Å². The van der Waals surface area contributed by atoms with Gasteiger partial charge in [0.15, 0.2) is 0 Å². The van der Waals surface area contributed by atoms with Gasteiger partial charge in [-0.05, 0) is 12.8 Å². The van der Waals surface area contributed by atoms with E-state index in [0.29, 0.717) is 5.75 Å². The molecule has 0 aromatic carbocycles. The van der Waals surface area contributed by atoms with Crippen LogP contribution in [0.5, 0.6) is 5.75 Å². The zero-order valence-electron chi connectivity index (χ0n) is 9.17. The van der Waals surface area contributed by atoms with Gasteiger partial charge in [-0.25, -0.2) is 13.4 Å². The standard InChI is InChI=1S/C10H11N3O3S/c1-17(14,15)13-10-5-9(16-8-2-3-8)4-7(6-11)12-10/h4-5,8H,2-3H2,1H3,(H,12,13). The van der Waals surface area contributed by atoms with Gasteiger partial charge < -0.3 is 4.74 Å². The van der Waals surface area contributed by atoms with E-state index in [0.717, 1.165) is 19.1 Å². The highest BCUT2D eigenvalue weighted by Gasteiger charge is 2.24. The maximum absolute atomic E-state index is 11.1. The van der Waals surface area contributed by atoms with E-state index in [9.17, 15) is 8.42 Å². The van der Waals surface area contributed by atoms with Crippen LogP contribution in [0.3, 0.4) is 0 Å². The fourth-order valence-corrected chi connectivity index (χ4v) is 1.74. The fourth-order valence-electron chi connectivity index (χ4n) is 1.25. The average molecular weight is 253 g/mol. The highest BCUT2D eigenvalue weighted by atomic mass is 32.2. The molecule has 1 fully saturated rings. The summed E-state index contributed by atoms with van der Waals surface area (Å²) in [6, 6.07) is 4.83. The maximum Gasteiger partial charge on any atom is 0.230 e. The Bertz CT molecular complexity index is 573. The first-order chi connectivity index (χ1) is 7.96. The lowest BCUT2D eigenvalue weighted by molar-refractivity contribution is 0.303. The number of sulfonamides is 1. The van der Waals surface area contributed by atoms with Gasteiger partial charge in [-0.3, -0.25) is 4.72 Å². The second-order valence-electron chi connectivity index (χ2n) is 3.88. The minimum absolute atomic E-state index is 0.0993. The first kappa shape index (κ1) is 11.7. The lowest BCUT2D eigenvalue weighted by Gasteiger charge is -2.07. The number of hydrogen-bond donors (Lipinski definition) is 1. The Labute approximate surface area is 99.3 Å². The summed E-state index contributed by atoms with van der Waals surface area (Å²) in [5.41, 5.74) is 0.120. The van der Waals surface area contributed by atoms with Gasteiger partial charge in [-0.15, -0.1) is 0 Å². The molecule has 0 bridgehead atoms. The van der Waals surface area contributed by atoms with Crippen LogP contribution >= 0.6 is 0 Å². The van der Waals surface area contributed by atoms with Crippen LogP contribution in [0.25, 0.3) is 0 Å². The Kier molecular flexibility index (Phi) is 2.90. The van der Waals surface area contributed by atoms with Gasteiger partial charge in [-0.2, -0.15) is 5.26 Å². The molecule has 0 saturated heterocycles. The quantitative estimate of drug-likeness (QED) is 0.859. The molecular formula is C10H11N3O3S. The summed E-state index contributed by atoms with van der Waals surface area (Å²) in [7, 11) is -3.41. The molecule has 0 unspecified atom stereocenters. The van der Waals surface area contributed by atoms with Crippen LogP contribution in [-0.2, 0) is 10.0 Å². The molecule has 1 N–H and O–H groups in total. The molecule has 1 saturated carbocycles. The minimum Gasteiger partial charge on any atom is -0.490 e. The fraction of sp³-hybridized carbons (Fsp3) is 0.400. The van der Waals surface area contributed by atoms with E-state index in [1.807, 2.05) is 6.07 Å². The van der Waals surface area contributed by atoms with E-state index in [2.05, 4.69) is 9.71 Å². The molecule has 0 spiro atoms. The van der Waals surface area contributed by atoms with Crippen molar-refractivity contribution in [2.45, 2.75) is 18.9 Å². The Morgan fingerprint density at radius 3 is 2.76 bits per heavy atom. The number of nitrogens with one attached hydrogen (secondary N) is 1. The summed E-state index contributed by atoms with van der Waals surface area (Å²) in [5.74, 6) is 0.562. The summed E-state index contributed by atoms with van der Waals surface area (Å²) in [4.78, 5) is 3.83. The molecule has 6 nitrogen and oxygen atoms in total. The second-order valence-corrected chi connectivity index (χ2v) is 5.63. The summed E-state index contributed by atoms with van der Waals surface area (Å²) in [6.07, 6.45) is 3.17. The van der Waals surface area contributed by atoms with Crippen LogP contribution in [-0.4, -0.2) is 25.8 Å². The number of hydrogen-bond acceptors (Lipinski definition) is 5. The Hall–Kier alpha value is -1.81. The molecule has 17 heavy (non-hydrogen) atoms. The van der Waals surface area contributed by atoms with Gasteiger partial charge in [0.1, 0.15) is 23.3 Å². The van der Waals surface area contributed by atoms with Gasteiger partial charge in [0, 0.05) is 12.1 Å². The van der Waals surface area contributed by atoms with Crippen molar-refractivity contribution in [2.24, 2.45) is 0 Å². The number of ether oxygens (including phenoxy) is 1. The van der Waals surface area contributed by atoms with Crippen molar-refractivity contribution in [3.8, 4) is 11.8 Å². The lowest BCUT2D eigenvalue weighted by Crippen LogP contribution is -2.11. The van der Waals surface area contributed by atoms with Gasteiger partial charge in [0.05, 0.1) is 12.4 Å². The molecule has 0 atom stereocenters. The van der Waals surface area contributed by atoms with Crippen molar-refractivity contribution in [3.05, 3.63) is 17.8 Å². The third kappa shape index (κ3) is 3.60. The van der Waals surface area contributed by atoms with Crippen LogP contribution in [0, 0.1) is 11.3 Å². The summed E-state index contributed by atoms with van der Waals surface area (Å²) < 4.78 is 29.9. The van der Waals surface area contributed by atoms with Crippen molar-refractivity contribution >= 4 is 15.8 Å². The minimum atomic E-state index is -3.41. The van der Waals surface area contributed by atoms with Crippen molar-refractivity contribution in [1.82, 2.24) is 4.98 Å². The van der Waals surface area contributed by atoms with Gasteiger partial charge >= 0.3 is 0 Å². The molecule has 1 aromatic rings. The third-order valence-electron chi connectivity index (χ3n) is 2.03. The van der Waals surface area contributed by atoms with E-state index >= 15 is 0 Å².